The SMILES string of the molecule is COC(=O)N1CCC[C@H]1CCN. The minimum Gasteiger partial charge on any atom is -0.453 e. The standard InChI is InChI=1S/C8H16N2O2/c1-12-8(11)10-6-2-3-7(10)4-5-9/h7H,2-6,9H2,1H3/t7-/m0/s1. The summed E-state index contributed by atoms with van der Waals surface area (Å²) in [5.41, 5.74) is 5.43. The molecular formula is C8H16N2O2. The Morgan fingerprint density at radius 3 is 3.08 bits per heavy atom. The molecule has 0 aliphatic carbocycles. The van der Waals surface area contributed by atoms with Gasteiger partial charge in [-0.25, -0.2) is 4.79 Å². The van der Waals surface area contributed by atoms with Crippen LogP contribution in [-0.2, 0) is 4.74 Å². The van der Waals surface area contributed by atoms with Crippen LogP contribution in [0.3, 0.4) is 0 Å². The molecular weight excluding hydrogens is 156 g/mol. The van der Waals surface area contributed by atoms with E-state index in [-0.39, 0.29) is 6.09 Å². The molecule has 4 nitrogen and oxygen atoms in total. The van der Waals surface area contributed by atoms with Crippen LogP contribution >= 0.6 is 0 Å². The fourth-order valence-electron chi connectivity index (χ4n) is 1.69. The molecule has 0 radical (unpaired) electrons. The van der Waals surface area contributed by atoms with Crippen molar-refractivity contribution in [3.05, 3.63) is 0 Å². The van der Waals surface area contributed by atoms with Gasteiger partial charge in [-0.15, -0.1) is 0 Å². The zero-order valence-electron chi connectivity index (χ0n) is 7.45. The molecule has 1 aliphatic heterocycles. The van der Waals surface area contributed by atoms with Crippen LogP contribution in [-0.4, -0.2) is 37.2 Å². The molecule has 70 valence electrons. The zero-order valence-corrected chi connectivity index (χ0v) is 7.45. The Hall–Kier alpha value is -0.770. The number of nitrogens with two attached hydrogens (primary N) is 1. The van der Waals surface area contributed by atoms with Crippen LogP contribution in [0, 0.1) is 0 Å². The zero-order chi connectivity index (χ0) is 8.97. The van der Waals surface area contributed by atoms with E-state index in [0.29, 0.717) is 12.6 Å². The second-order valence-electron chi connectivity index (χ2n) is 3.04. The van der Waals surface area contributed by atoms with E-state index in [1.54, 1.807) is 4.90 Å². The molecule has 12 heavy (non-hydrogen) atoms. The van der Waals surface area contributed by atoms with Crippen molar-refractivity contribution in [2.24, 2.45) is 5.73 Å². The number of rotatable bonds is 2. The van der Waals surface area contributed by atoms with E-state index in [9.17, 15) is 4.79 Å². The molecule has 1 heterocycles. The summed E-state index contributed by atoms with van der Waals surface area (Å²) < 4.78 is 4.66. The predicted molar refractivity (Wildman–Crippen MR) is 45.8 cm³/mol. The van der Waals surface area contributed by atoms with Crippen molar-refractivity contribution >= 4 is 6.09 Å². The topological polar surface area (TPSA) is 55.6 Å². The molecule has 1 aliphatic rings. The van der Waals surface area contributed by atoms with Gasteiger partial charge in [-0.3, -0.25) is 0 Å². The maximum absolute atomic E-state index is 11.2. The van der Waals surface area contributed by atoms with Crippen LogP contribution in [0.1, 0.15) is 19.3 Å². The van der Waals surface area contributed by atoms with E-state index in [2.05, 4.69) is 4.74 Å². The van der Waals surface area contributed by atoms with Gasteiger partial charge in [-0.05, 0) is 25.8 Å². The number of amides is 1. The van der Waals surface area contributed by atoms with E-state index >= 15 is 0 Å². The maximum atomic E-state index is 11.2. The minimum absolute atomic E-state index is 0.217. The lowest BCUT2D eigenvalue weighted by Crippen LogP contribution is -2.36. The van der Waals surface area contributed by atoms with Crippen molar-refractivity contribution in [2.45, 2.75) is 25.3 Å². The van der Waals surface area contributed by atoms with Crippen molar-refractivity contribution in [1.29, 1.82) is 0 Å². The highest BCUT2D eigenvalue weighted by molar-refractivity contribution is 5.68. The number of methoxy groups -OCH3 is 1. The van der Waals surface area contributed by atoms with Crippen LogP contribution in [0.4, 0.5) is 4.79 Å². The molecule has 0 aromatic heterocycles. The maximum Gasteiger partial charge on any atom is 0.409 e. The largest absolute Gasteiger partial charge is 0.453 e. The van der Waals surface area contributed by atoms with Gasteiger partial charge in [0.05, 0.1) is 7.11 Å². The van der Waals surface area contributed by atoms with Crippen molar-refractivity contribution in [1.82, 2.24) is 4.90 Å². The monoisotopic (exact) mass is 172 g/mol. The normalized spacial score (nSPS) is 22.8. The van der Waals surface area contributed by atoms with Crippen LogP contribution < -0.4 is 5.73 Å². The van der Waals surface area contributed by atoms with Gasteiger partial charge in [0.15, 0.2) is 0 Å². The van der Waals surface area contributed by atoms with Crippen molar-refractivity contribution in [2.75, 3.05) is 20.2 Å². The van der Waals surface area contributed by atoms with Gasteiger partial charge >= 0.3 is 6.09 Å². The third-order valence-corrected chi connectivity index (χ3v) is 2.29. The second kappa shape index (κ2) is 4.30. The summed E-state index contributed by atoms with van der Waals surface area (Å²) in [6, 6.07) is 0.308. The molecule has 0 saturated carbocycles. The fourth-order valence-corrected chi connectivity index (χ4v) is 1.69. The average molecular weight is 172 g/mol. The van der Waals surface area contributed by atoms with Crippen LogP contribution in [0.2, 0.25) is 0 Å². The first-order valence-corrected chi connectivity index (χ1v) is 4.34. The number of carbonyl (C=O) groups is 1. The predicted octanol–water partition coefficient (Wildman–Crippen LogP) is 0.566. The molecule has 2 N–H and O–H groups in total. The summed E-state index contributed by atoms with van der Waals surface area (Å²) in [6.45, 7) is 1.45. The van der Waals surface area contributed by atoms with Crippen LogP contribution in [0.15, 0.2) is 0 Å². The van der Waals surface area contributed by atoms with E-state index in [1.165, 1.54) is 7.11 Å². The highest BCUT2D eigenvalue weighted by atomic mass is 16.5. The first kappa shape index (κ1) is 9.32. The Bertz CT molecular complexity index is 161. The van der Waals surface area contributed by atoms with Gasteiger partial charge in [0, 0.05) is 12.6 Å². The number of hydrogen-bond donors (Lipinski definition) is 1. The van der Waals surface area contributed by atoms with Crippen molar-refractivity contribution in [3.8, 4) is 0 Å². The highest BCUT2D eigenvalue weighted by Gasteiger charge is 2.28. The fraction of sp³-hybridized carbons (Fsp3) is 0.875. The molecule has 0 aromatic carbocycles. The second-order valence-corrected chi connectivity index (χ2v) is 3.04. The molecule has 0 aromatic rings. The van der Waals surface area contributed by atoms with E-state index < -0.39 is 0 Å². The first-order chi connectivity index (χ1) is 5.79. The van der Waals surface area contributed by atoms with Crippen LogP contribution in [0.5, 0.6) is 0 Å². The Balaban J connectivity index is 2.45. The Kier molecular flexibility index (Phi) is 3.34. The number of ether oxygens (including phenoxy) is 1. The quantitative estimate of drug-likeness (QED) is 0.662. The number of nitrogens with zero attached hydrogens (tertiary/aromatic N) is 1. The Labute approximate surface area is 72.7 Å². The Morgan fingerprint density at radius 1 is 1.75 bits per heavy atom. The Morgan fingerprint density at radius 2 is 2.50 bits per heavy atom. The number of likely N-dealkylation sites (tertiary alicyclic amines) is 1. The van der Waals surface area contributed by atoms with Gasteiger partial charge in [-0.2, -0.15) is 0 Å². The number of hydrogen-bond acceptors (Lipinski definition) is 3. The van der Waals surface area contributed by atoms with Gasteiger partial charge in [0.2, 0.25) is 0 Å². The molecule has 0 bridgehead atoms. The van der Waals surface area contributed by atoms with E-state index in [4.69, 9.17) is 5.73 Å². The molecule has 4 heteroatoms. The molecule has 0 unspecified atom stereocenters. The lowest BCUT2D eigenvalue weighted by atomic mass is 10.1. The summed E-state index contributed by atoms with van der Waals surface area (Å²) in [6.07, 6.45) is 2.80. The minimum atomic E-state index is -0.217. The van der Waals surface area contributed by atoms with E-state index in [1.807, 2.05) is 0 Å². The van der Waals surface area contributed by atoms with Gasteiger partial charge in [-0.1, -0.05) is 0 Å². The smallest absolute Gasteiger partial charge is 0.409 e. The van der Waals surface area contributed by atoms with E-state index in [0.717, 1.165) is 25.8 Å². The molecule has 1 amide bonds. The van der Waals surface area contributed by atoms with Gasteiger partial charge in [0.1, 0.15) is 0 Å². The third kappa shape index (κ3) is 1.88. The molecule has 1 rings (SSSR count). The van der Waals surface area contributed by atoms with Gasteiger partial charge < -0.3 is 15.4 Å². The highest BCUT2D eigenvalue weighted by Crippen LogP contribution is 2.19. The van der Waals surface area contributed by atoms with Crippen molar-refractivity contribution < 1.29 is 9.53 Å². The summed E-state index contributed by atoms with van der Waals surface area (Å²) in [7, 11) is 1.42. The average Bonchev–Trinajstić information content (AvgIpc) is 2.52. The lowest BCUT2D eigenvalue weighted by Gasteiger charge is -2.22. The molecule has 0 spiro atoms. The van der Waals surface area contributed by atoms with Crippen LogP contribution in [0.25, 0.3) is 0 Å². The molecule has 1 fully saturated rings. The summed E-state index contributed by atoms with van der Waals surface area (Å²) in [5.74, 6) is 0. The summed E-state index contributed by atoms with van der Waals surface area (Å²) in [5, 5.41) is 0. The number of carbonyl (C=O) groups excluding carboxylic acids is 1. The summed E-state index contributed by atoms with van der Waals surface area (Å²) in [4.78, 5) is 12.9. The lowest BCUT2D eigenvalue weighted by molar-refractivity contribution is 0.118. The third-order valence-electron chi connectivity index (χ3n) is 2.29. The van der Waals surface area contributed by atoms with Crippen molar-refractivity contribution in [3.63, 3.8) is 0 Å². The molecule has 1 atom stereocenters. The summed E-state index contributed by atoms with van der Waals surface area (Å²) >= 11 is 0. The van der Waals surface area contributed by atoms with Gasteiger partial charge in [0.25, 0.3) is 0 Å². The molecule has 1 saturated heterocycles. The first-order valence-electron chi connectivity index (χ1n) is 4.34.